The Morgan fingerprint density at radius 2 is 1.74 bits per heavy atom. The van der Waals surface area contributed by atoms with E-state index in [1.807, 2.05) is 36.4 Å². The topological polar surface area (TPSA) is 47.9 Å². The second kappa shape index (κ2) is 8.86. The molecule has 3 aromatic carbocycles. The third-order valence-electron chi connectivity index (χ3n) is 5.20. The van der Waals surface area contributed by atoms with E-state index in [4.69, 9.17) is 21.2 Å². The smallest absolute Gasteiger partial charge is 0.368 e. The Bertz CT molecular complexity index is 1130. The summed E-state index contributed by atoms with van der Waals surface area (Å²) in [6, 6.07) is 17.4. The maximum Gasteiger partial charge on any atom is 0.368 e. The highest BCUT2D eigenvalue weighted by Crippen LogP contribution is 2.49. The summed E-state index contributed by atoms with van der Waals surface area (Å²) in [4.78, 5) is 17.4. The van der Waals surface area contributed by atoms with E-state index >= 15 is 0 Å². The summed E-state index contributed by atoms with van der Waals surface area (Å²) >= 11 is 5.98. The van der Waals surface area contributed by atoms with Crippen LogP contribution in [-0.4, -0.2) is 18.8 Å². The van der Waals surface area contributed by atoms with Crippen molar-refractivity contribution in [2.45, 2.75) is 12.3 Å². The van der Waals surface area contributed by atoms with Gasteiger partial charge in [-0.2, -0.15) is 0 Å². The predicted octanol–water partition coefficient (Wildman–Crippen LogP) is 5.99. The largest absolute Gasteiger partial charge is 0.497 e. The Labute approximate surface area is 183 Å². The lowest BCUT2D eigenvalue weighted by Gasteiger charge is -2.08. The van der Waals surface area contributed by atoms with Crippen LogP contribution in [0.2, 0.25) is 5.02 Å². The minimum absolute atomic E-state index is 0.0143. The van der Waals surface area contributed by atoms with Gasteiger partial charge in [0.2, 0.25) is 0 Å². The Kier molecular flexibility index (Phi) is 6.00. The second-order valence-electron chi connectivity index (χ2n) is 7.21. The Morgan fingerprint density at radius 1 is 1.03 bits per heavy atom. The number of carbonyl (C=O) groups is 1. The van der Waals surface area contributed by atoms with Crippen molar-refractivity contribution in [1.82, 2.24) is 0 Å². The molecule has 7 heteroatoms. The molecular formula is C24H18ClF2NO3. The molecule has 0 radical (unpaired) electrons. The van der Waals surface area contributed by atoms with Crippen LogP contribution in [0.1, 0.15) is 33.8 Å². The molecule has 0 aliphatic heterocycles. The first-order valence-corrected chi connectivity index (χ1v) is 9.98. The van der Waals surface area contributed by atoms with Crippen LogP contribution in [0.25, 0.3) is 0 Å². The molecule has 3 aromatic rings. The Hall–Kier alpha value is -3.25. The van der Waals surface area contributed by atoms with E-state index in [0.29, 0.717) is 22.6 Å². The van der Waals surface area contributed by atoms with Crippen LogP contribution < -0.4 is 4.74 Å². The molecule has 0 bridgehead atoms. The van der Waals surface area contributed by atoms with Crippen LogP contribution in [0.4, 0.5) is 8.78 Å². The molecule has 4 rings (SSSR count). The molecule has 1 saturated carbocycles. The lowest BCUT2D eigenvalue weighted by molar-refractivity contribution is 0.0510. The minimum Gasteiger partial charge on any atom is -0.497 e. The van der Waals surface area contributed by atoms with E-state index < -0.39 is 17.6 Å². The number of oxime groups is 1. The highest BCUT2D eigenvalue weighted by Gasteiger charge is 2.43. The zero-order valence-corrected chi connectivity index (χ0v) is 17.3. The highest BCUT2D eigenvalue weighted by atomic mass is 35.5. The van der Waals surface area contributed by atoms with Crippen LogP contribution in [0, 0.1) is 17.6 Å². The number of carbonyl (C=O) groups excluding carboxylic acids is 1. The van der Waals surface area contributed by atoms with Crippen molar-refractivity contribution in [1.29, 1.82) is 0 Å². The van der Waals surface area contributed by atoms with E-state index in [0.717, 1.165) is 29.7 Å². The molecule has 1 aliphatic carbocycles. The van der Waals surface area contributed by atoms with Gasteiger partial charge in [0.15, 0.2) is 0 Å². The Balaban J connectivity index is 1.60. The molecule has 0 spiro atoms. The fourth-order valence-electron chi connectivity index (χ4n) is 3.47. The van der Waals surface area contributed by atoms with Crippen molar-refractivity contribution in [2.75, 3.05) is 7.11 Å². The maximum absolute atomic E-state index is 13.9. The molecule has 1 fully saturated rings. The molecule has 158 valence electrons. The fraction of sp³-hybridized carbons (Fsp3) is 0.167. The number of methoxy groups -OCH3 is 1. The average molecular weight is 442 g/mol. The first kappa shape index (κ1) is 21.0. The zero-order valence-electron chi connectivity index (χ0n) is 16.5. The molecular weight excluding hydrogens is 424 g/mol. The van der Waals surface area contributed by atoms with Gasteiger partial charge < -0.3 is 9.57 Å². The van der Waals surface area contributed by atoms with Crippen molar-refractivity contribution in [2.24, 2.45) is 11.1 Å². The van der Waals surface area contributed by atoms with Gasteiger partial charge in [-0.05, 0) is 72.0 Å². The van der Waals surface area contributed by atoms with E-state index in [1.165, 1.54) is 0 Å². The SMILES string of the molecule is COc1ccc(/C(=N/OC(=O)c2ccc(F)cc2F)C2CC2c2ccc(Cl)cc2)cc1. The van der Waals surface area contributed by atoms with Gasteiger partial charge in [0.25, 0.3) is 0 Å². The third-order valence-corrected chi connectivity index (χ3v) is 5.46. The van der Waals surface area contributed by atoms with Gasteiger partial charge in [-0.25, -0.2) is 13.6 Å². The molecule has 0 heterocycles. The van der Waals surface area contributed by atoms with Gasteiger partial charge in [0, 0.05) is 17.0 Å². The number of hydrogen-bond donors (Lipinski definition) is 0. The normalized spacial score (nSPS) is 17.9. The predicted molar refractivity (Wildman–Crippen MR) is 114 cm³/mol. The van der Waals surface area contributed by atoms with E-state index in [2.05, 4.69) is 5.16 Å². The van der Waals surface area contributed by atoms with Gasteiger partial charge in [0.1, 0.15) is 17.4 Å². The van der Waals surface area contributed by atoms with Gasteiger partial charge in [-0.15, -0.1) is 0 Å². The van der Waals surface area contributed by atoms with E-state index in [-0.39, 0.29) is 17.4 Å². The van der Waals surface area contributed by atoms with Gasteiger partial charge in [-0.1, -0.05) is 28.9 Å². The molecule has 2 unspecified atom stereocenters. The maximum atomic E-state index is 13.9. The zero-order chi connectivity index (χ0) is 22.0. The lowest BCUT2D eigenvalue weighted by Crippen LogP contribution is -2.10. The van der Waals surface area contributed by atoms with Crippen LogP contribution >= 0.6 is 11.6 Å². The summed E-state index contributed by atoms with van der Waals surface area (Å²) in [6.45, 7) is 0. The number of ether oxygens (including phenoxy) is 1. The summed E-state index contributed by atoms with van der Waals surface area (Å²) in [5, 5.41) is 4.74. The molecule has 4 nitrogen and oxygen atoms in total. The summed E-state index contributed by atoms with van der Waals surface area (Å²) in [6.07, 6.45) is 0.814. The van der Waals surface area contributed by atoms with Crippen molar-refractivity contribution >= 4 is 23.3 Å². The quantitative estimate of drug-likeness (QED) is 0.268. The summed E-state index contributed by atoms with van der Waals surface area (Å²) in [5.74, 6) is -1.89. The van der Waals surface area contributed by atoms with E-state index in [1.54, 1.807) is 19.2 Å². The molecule has 0 N–H and O–H groups in total. The highest BCUT2D eigenvalue weighted by molar-refractivity contribution is 6.30. The monoisotopic (exact) mass is 441 g/mol. The Morgan fingerprint density at radius 3 is 2.39 bits per heavy atom. The molecule has 0 aromatic heterocycles. The van der Waals surface area contributed by atoms with Gasteiger partial charge in [-0.3, -0.25) is 0 Å². The number of hydrogen-bond acceptors (Lipinski definition) is 4. The van der Waals surface area contributed by atoms with Crippen LogP contribution in [0.5, 0.6) is 5.75 Å². The number of halogens is 3. The van der Waals surface area contributed by atoms with Gasteiger partial charge in [0.05, 0.1) is 18.4 Å². The lowest BCUT2D eigenvalue weighted by atomic mass is 10.0. The third kappa shape index (κ3) is 4.75. The average Bonchev–Trinajstić information content (AvgIpc) is 3.55. The first-order chi connectivity index (χ1) is 15.0. The fourth-order valence-corrected chi connectivity index (χ4v) is 3.59. The van der Waals surface area contributed by atoms with Crippen molar-refractivity contribution in [3.8, 4) is 5.75 Å². The van der Waals surface area contributed by atoms with Crippen molar-refractivity contribution in [3.63, 3.8) is 0 Å². The van der Waals surface area contributed by atoms with Crippen molar-refractivity contribution in [3.05, 3.63) is 100 Å². The number of nitrogens with zero attached hydrogens (tertiary/aromatic N) is 1. The number of rotatable bonds is 6. The second-order valence-corrected chi connectivity index (χ2v) is 7.64. The summed E-state index contributed by atoms with van der Waals surface area (Å²) < 4.78 is 32.2. The van der Waals surface area contributed by atoms with Crippen molar-refractivity contribution < 1.29 is 23.1 Å². The molecule has 0 amide bonds. The van der Waals surface area contributed by atoms with Crippen LogP contribution in [0.3, 0.4) is 0 Å². The first-order valence-electron chi connectivity index (χ1n) is 9.60. The summed E-state index contributed by atoms with van der Waals surface area (Å²) in [7, 11) is 1.57. The molecule has 0 saturated heterocycles. The van der Waals surface area contributed by atoms with Crippen LogP contribution in [-0.2, 0) is 4.84 Å². The standard InChI is InChI=1S/C24H18ClF2NO3/c1-30-18-9-4-15(5-10-18)23(21-13-20(21)14-2-6-16(25)7-3-14)28-31-24(29)19-11-8-17(26)12-22(19)27/h2-12,20-21H,13H2,1H3/b28-23-. The van der Waals surface area contributed by atoms with Gasteiger partial charge >= 0.3 is 5.97 Å². The molecule has 1 aliphatic rings. The van der Waals surface area contributed by atoms with Crippen LogP contribution in [0.15, 0.2) is 71.9 Å². The molecule has 2 atom stereocenters. The van der Waals surface area contributed by atoms with E-state index in [9.17, 15) is 13.6 Å². The molecule has 31 heavy (non-hydrogen) atoms. The summed E-state index contributed by atoms with van der Waals surface area (Å²) in [5.41, 5.74) is 2.05. The minimum atomic E-state index is -1.00. The number of benzene rings is 3.